The van der Waals surface area contributed by atoms with Gasteiger partial charge < -0.3 is 10.7 Å². The molecule has 0 saturated heterocycles. The number of hydrazine groups is 1. The number of nitrogen functional groups attached to an aromatic ring is 1. The molecule has 0 aliphatic heterocycles. The van der Waals surface area contributed by atoms with Crippen LogP contribution in [0.4, 0.5) is 17.3 Å². The molecule has 0 fully saturated rings. The van der Waals surface area contributed by atoms with Crippen molar-refractivity contribution in [2.24, 2.45) is 5.84 Å². The molecule has 0 aromatic carbocycles. The Kier molecular flexibility index (Phi) is 3.93. The van der Waals surface area contributed by atoms with Crippen molar-refractivity contribution in [2.75, 3.05) is 10.7 Å². The van der Waals surface area contributed by atoms with Crippen LogP contribution in [0.1, 0.15) is 17.8 Å². The number of aromatic nitrogens is 1. The van der Waals surface area contributed by atoms with Gasteiger partial charge in [0.05, 0.1) is 23.1 Å². The molecule has 0 spiro atoms. The third-order valence-corrected chi connectivity index (χ3v) is 3.56. The first-order chi connectivity index (χ1) is 9.10. The lowest BCUT2D eigenvalue weighted by Gasteiger charge is -2.13. The second-order valence-electron chi connectivity index (χ2n) is 3.88. The van der Waals surface area contributed by atoms with Crippen molar-refractivity contribution >= 4 is 28.7 Å². The lowest BCUT2D eigenvalue weighted by atomic mass is 10.2. The lowest BCUT2D eigenvalue weighted by molar-refractivity contribution is -0.384. The zero-order valence-corrected chi connectivity index (χ0v) is 11.0. The van der Waals surface area contributed by atoms with E-state index in [9.17, 15) is 10.1 Å². The first-order valence-electron chi connectivity index (χ1n) is 5.53. The van der Waals surface area contributed by atoms with Gasteiger partial charge in [0.1, 0.15) is 11.6 Å². The van der Waals surface area contributed by atoms with Crippen LogP contribution in [0.15, 0.2) is 29.6 Å². The predicted octanol–water partition coefficient (Wildman–Crippen LogP) is 2.51. The summed E-state index contributed by atoms with van der Waals surface area (Å²) in [7, 11) is 0. The van der Waals surface area contributed by atoms with E-state index in [1.807, 2.05) is 24.4 Å². The Morgan fingerprint density at radius 3 is 2.79 bits per heavy atom. The number of nitro groups is 1. The van der Waals surface area contributed by atoms with Crippen LogP contribution in [-0.4, -0.2) is 9.91 Å². The summed E-state index contributed by atoms with van der Waals surface area (Å²) in [5.41, 5.74) is 2.25. The molecule has 0 aliphatic carbocycles. The van der Waals surface area contributed by atoms with Crippen LogP contribution in [0.25, 0.3) is 0 Å². The van der Waals surface area contributed by atoms with Crippen LogP contribution in [0.2, 0.25) is 0 Å². The van der Waals surface area contributed by atoms with Gasteiger partial charge >= 0.3 is 0 Å². The molecule has 0 aliphatic rings. The third kappa shape index (κ3) is 3.18. The summed E-state index contributed by atoms with van der Waals surface area (Å²) in [5, 5.41) is 15.9. The van der Waals surface area contributed by atoms with Gasteiger partial charge in [-0.1, -0.05) is 6.07 Å². The standard InChI is InChI=1S/C11H13N5O2S/c1-7(9-3-2-4-19-9)13-10-5-8(16(17)18)6-11(14-10)15-12/h2-7H,12H2,1H3,(H2,13,14,15). The SMILES string of the molecule is CC(Nc1cc([N+](=O)[O-])cc(NN)n1)c1cccs1. The number of nitrogens with zero attached hydrogens (tertiary/aromatic N) is 2. The quantitative estimate of drug-likeness (QED) is 0.441. The van der Waals surface area contributed by atoms with E-state index in [1.54, 1.807) is 11.3 Å². The Morgan fingerprint density at radius 1 is 1.47 bits per heavy atom. The number of anilines is 2. The number of pyridine rings is 1. The van der Waals surface area contributed by atoms with Gasteiger partial charge in [-0.2, -0.15) is 0 Å². The zero-order chi connectivity index (χ0) is 13.8. The van der Waals surface area contributed by atoms with Crippen LogP contribution >= 0.6 is 11.3 Å². The maximum atomic E-state index is 10.8. The average Bonchev–Trinajstić information content (AvgIpc) is 2.92. The first-order valence-corrected chi connectivity index (χ1v) is 6.41. The van der Waals surface area contributed by atoms with Crippen LogP contribution in [0.3, 0.4) is 0 Å². The van der Waals surface area contributed by atoms with Crippen LogP contribution < -0.4 is 16.6 Å². The Labute approximate surface area is 113 Å². The minimum absolute atomic E-state index is 0.0140. The molecule has 2 rings (SSSR count). The topological polar surface area (TPSA) is 106 Å². The number of rotatable bonds is 5. The summed E-state index contributed by atoms with van der Waals surface area (Å²) >= 11 is 1.61. The van der Waals surface area contributed by atoms with Gasteiger partial charge in [0.15, 0.2) is 0 Å². The molecule has 19 heavy (non-hydrogen) atoms. The zero-order valence-electron chi connectivity index (χ0n) is 10.2. The molecule has 1 unspecified atom stereocenters. The highest BCUT2D eigenvalue weighted by Crippen LogP contribution is 2.25. The Bertz CT molecular complexity index is 572. The van der Waals surface area contributed by atoms with E-state index < -0.39 is 4.92 Å². The molecular weight excluding hydrogens is 266 g/mol. The molecule has 0 saturated carbocycles. The molecule has 0 radical (unpaired) electrons. The molecule has 7 nitrogen and oxygen atoms in total. The highest BCUT2D eigenvalue weighted by Gasteiger charge is 2.13. The summed E-state index contributed by atoms with van der Waals surface area (Å²) in [4.78, 5) is 15.6. The molecule has 2 aromatic rings. The van der Waals surface area contributed by atoms with Gasteiger partial charge in [-0.3, -0.25) is 10.1 Å². The van der Waals surface area contributed by atoms with Gasteiger partial charge in [-0.05, 0) is 18.4 Å². The molecule has 1 atom stereocenters. The summed E-state index contributed by atoms with van der Waals surface area (Å²) in [6.07, 6.45) is 0. The van der Waals surface area contributed by atoms with Gasteiger partial charge in [0.25, 0.3) is 5.69 Å². The van der Waals surface area contributed by atoms with Crippen LogP contribution in [0, 0.1) is 10.1 Å². The smallest absolute Gasteiger partial charge is 0.276 e. The average molecular weight is 279 g/mol. The van der Waals surface area contributed by atoms with E-state index in [0.29, 0.717) is 5.82 Å². The van der Waals surface area contributed by atoms with Gasteiger partial charge in [0, 0.05) is 4.88 Å². The maximum absolute atomic E-state index is 10.8. The minimum Gasteiger partial charge on any atom is -0.362 e. The molecule has 2 heterocycles. The summed E-state index contributed by atoms with van der Waals surface area (Å²) in [6, 6.07) is 6.61. The monoisotopic (exact) mass is 279 g/mol. The Balaban J connectivity index is 2.24. The molecule has 2 aromatic heterocycles. The van der Waals surface area contributed by atoms with Crippen molar-refractivity contribution in [3.05, 3.63) is 44.6 Å². The fraction of sp³-hybridized carbons (Fsp3) is 0.182. The van der Waals surface area contributed by atoms with Crippen molar-refractivity contribution in [1.82, 2.24) is 4.98 Å². The van der Waals surface area contributed by atoms with Crippen molar-refractivity contribution in [1.29, 1.82) is 0 Å². The van der Waals surface area contributed by atoms with Gasteiger partial charge in [0.2, 0.25) is 0 Å². The van der Waals surface area contributed by atoms with E-state index in [0.717, 1.165) is 4.88 Å². The van der Waals surface area contributed by atoms with E-state index in [2.05, 4.69) is 15.7 Å². The van der Waals surface area contributed by atoms with Gasteiger partial charge in [-0.25, -0.2) is 10.8 Å². The van der Waals surface area contributed by atoms with Gasteiger partial charge in [-0.15, -0.1) is 11.3 Å². The maximum Gasteiger partial charge on any atom is 0.276 e. The molecule has 4 N–H and O–H groups in total. The van der Waals surface area contributed by atoms with Crippen molar-refractivity contribution < 1.29 is 4.92 Å². The molecule has 0 amide bonds. The van der Waals surface area contributed by atoms with Crippen molar-refractivity contribution in [3.63, 3.8) is 0 Å². The Morgan fingerprint density at radius 2 is 2.21 bits per heavy atom. The van der Waals surface area contributed by atoms with E-state index >= 15 is 0 Å². The third-order valence-electron chi connectivity index (χ3n) is 2.50. The van der Waals surface area contributed by atoms with E-state index in [-0.39, 0.29) is 17.5 Å². The second-order valence-corrected chi connectivity index (χ2v) is 4.86. The summed E-state index contributed by atoms with van der Waals surface area (Å²) in [6.45, 7) is 1.96. The molecule has 0 bridgehead atoms. The van der Waals surface area contributed by atoms with Crippen molar-refractivity contribution in [2.45, 2.75) is 13.0 Å². The molecule has 100 valence electrons. The fourth-order valence-corrected chi connectivity index (χ4v) is 2.33. The molecular formula is C11H13N5O2S. The summed E-state index contributed by atoms with van der Waals surface area (Å²) < 4.78 is 0. The molecule has 8 heteroatoms. The number of hydrogen-bond acceptors (Lipinski definition) is 7. The number of thiophene rings is 1. The number of nitrogens with one attached hydrogen (secondary N) is 2. The predicted molar refractivity (Wildman–Crippen MR) is 75.1 cm³/mol. The number of hydrogen-bond donors (Lipinski definition) is 3. The summed E-state index contributed by atoms with van der Waals surface area (Å²) in [5.74, 6) is 5.90. The normalized spacial score (nSPS) is 11.9. The first kappa shape index (κ1) is 13.2. The van der Waals surface area contributed by atoms with E-state index in [4.69, 9.17) is 5.84 Å². The Hall–Kier alpha value is -2.19. The van der Waals surface area contributed by atoms with Crippen LogP contribution in [-0.2, 0) is 0 Å². The minimum atomic E-state index is -0.483. The van der Waals surface area contributed by atoms with Crippen LogP contribution in [0.5, 0.6) is 0 Å². The highest BCUT2D eigenvalue weighted by molar-refractivity contribution is 7.10. The lowest BCUT2D eigenvalue weighted by Crippen LogP contribution is -2.12. The van der Waals surface area contributed by atoms with E-state index in [1.165, 1.54) is 12.1 Å². The second kappa shape index (κ2) is 5.63. The highest BCUT2D eigenvalue weighted by atomic mass is 32.1. The fourth-order valence-electron chi connectivity index (χ4n) is 1.60. The largest absolute Gasteiger partial charge is 0.362 e. The van der Waals surface area contributed by atoms with Crippen molar-refractivity contribution in [3.8, 4) is 0 Å². The number of nitrogens with two attached hydrogens (primary N) is 1.